The molecule has 0 amide bonds. The molecule has 62 heavy (non-hydrogen) atoms. The summed E-state index contributed by atoms with van der Waals surface area (Å²) in [7, 11) is 0. The first-order valence-electron chi connectivity index (χ1n) is 18.3. The summed E-state index contributed by atoms with van der Waals surface area (Å²) < 4.78 is 47.6. The standard InChI is InChI=1S/C28H24N4O4S.C14H9F3N3S.CNS.Ru/c1-2-3-4-5-6-20-10-12-37-28(20)8-7-21-13-24(31-17-30-21)26-15-23(36-19-34)16-27(32-26)25-14-22(35-18-33)9-11-29-25;1-8-2-3-12(21-8)9-4-5-18-10(6-9)11-7-13(20-19-11)14(15,16)17;2-1-3;/h9-19H,2-6H2,1H3;2-7H,1H3;;/q;2*-1;+2. The summed E-state index contributed by atoms with van der Waals surface area (Å²) in [6.45, 7) is 4.87. The third-order valence-electron chi connectivity index (χ3n) is 8.32. The van der Waals surface area contributed by atoms with Gasteiger partial charge in [-0.15, -0.1) is 22.7 Å². The van der Waals surface area contributed by atoms with Gasteiger partial charge in [-0.05, 0) is 90.6 Å². The second-order valence-corrected chi connectivity index (χ2v) is 14.9. The van der Waals surface area contributed by atoms with E-state index in [1.807, 2.05) is 25.1 Å². The average molecular weight is 980 g/mol. The van der Waals surface area contributed by atoms with Gasteiger partial charge in [0.05, 0.1) is 33.3 Å². The summed E-state index contributed by atoms with van der Waals surface area (Å²) in [5.74, 6) is 6.96. The summed E-state index contributed by atoms with van der Waals surface area (Å²) in [6, 6.07) is 18.5. The van der Waals surface area contributed by atoms with Crippen molar-refractivity contribution in [2.24, 2.45) is 0 Å². The number of isothiocyanates is 1. The molecule has 0 spiro atoms. The van der Waals surface area contributed by atoms with E-state index in [9.17, 15) is 22.8 Å². The van der Waals surface area contributed by atoms with Crippen molar-refractivity contribution in [3.63, 3.8) is 0 Å². The molecule has 7 rings (SSSR count). The smallest absolute Gasteiger partial charge is 0.753 e. The van der Waals surface area contributed by atoms with Crippen LogP contribution >= 0.6 is 34.9 Å². The monoisotopic (exact) mass is 980 g/mol. The number of pyridine rings is 3. The maximum absolute atomic E-state index is 12.5. The zero-order valence-electron chi connectivity index (χ0n) is 32.8. The van der Waals surface area contributed by atoms with Gasteiger partial charge in [-0.3, -0.25) is 19.6 Å². The number of alkyl halides is 3. The van der Waals surface area contributed by atoms with Crippen LogP contribution in [0.3, 0.4) is 0 Å². The average Bonchev–Trinajstić information content (AvgIpc) is 4.05. The zero-order valence-corrected chi connectivity index (χ0v) is 37.0. The Hall–Kier alpha value is -6.15. The number of halogens is 3. The number of aryl methyl sites for hydroxylation is 2. The molecule has 12 nitrogen and oxygen atoms in total. The fourth-order valence-electron chi connectivity index (χ4n) is 5.51. The van der Waals surface area contributed by atoms with Gasteiger partial charge in [-0.1, -0.05) is 44.1 Å². The molecule has 7 aromatic rings. The van der Waals surface area contributed by atoms with E-state index in [-0.39, 0.29) is 30.9 Å². The van der Waals surface area contributed by atoms with Crippen LogP contribution in [-0.4, -0.2) is 48.1 Å². The number of ether oxygens (including phenoxy) is 2. The minimum Gasteiger partial charge on any atom is -0.753 e. The molecule has 0 unspecified atom stereocenters. The zero-order chi connectivity index (χ0) is 43.6. The van der Waals surface area contributed by atoms with Crippen LogP contribution in [-0.2, 0) is 41.7 Å². The van der Waals surface area contributed by atoms with E-state index in [0.717, 1.165) is 39.1 Å². The maximum atomic E-state index is 12.5. The third-order valence-corrected chi connectivity index (χ3v) is 10.2. The first-order valence-corrected chi connectivity index (χ1v) is 20.4. The Morgan fingerprint density at radius 2 is 1.52 bits per heavy atom. The molecule has 7 aromatic heterocycles. The first kappa shape index (κ1) is 48.5. The predicted molar refractivity (Wildman–Crippen MR) is 230 cm³/mol. The number of aromatic nitrogens is 7. The van der Waals surface area contributed by atoms with E-state index >= 15 is 0 Å². The van der Waals surface area contributed by atoms with Crippen molar-refractivity contribution in [1.29, 1.82) is 0 Å². The Morgan fingerprint density at radius 3 is 2.19 bits per heavy atom. The minimum absolute atomic E-state index is 0. The van der Waals surface area contributed by atoms with Crippen LogP contribution in [0.4, 0.5) is 13.2 Å². The molecule has 0 N–H and O–H groups in total. The van der Waals surface area contributed by atoms with Crippen molar-refractivity contribution in [2.75, 3.05) is 0 Å². The van der Waals surface area contributed by atoms with Gasteiger partial charge in [-0.2, -0.15) is 18.3 Å². The van der Waals surface area contributed by atoms with Crippen LogP contribution in [0.1, 0.15) is 59.3 Å². The topological polar surface area (TPSA) is 166 Å². The second-order valence-electron chi connectivity index (χ2n) is 12.5. The quantitative estimate of drug-likeness (QED) is 0.0268. The van der Waals surface area contributed by atoms with E-state index in [4.69, 9.17) is 14.9 Å². The molecule has 0 bridgehead atoms. The van der Waals surface area contributed by atoms with Crippen molar-refractivity contribution >= 4 is 53.0 Å². The Kier molecular flexibility index (Phi) is 19.0. The summed E-state index contributed by atoms with van der Waals surface area (Å²) in [6.07, 6.45) is 5.83. The predicted octanol–water partition coefficient (Wildman–Crippen LogP) is 10.1. The molecular weight excluding hydrogens is 947 g/mol. The molecule has 0 fully saturated rings. The number of thiophene rings is 2. The summed E-state index contributed by atoms with van der Waals surface area (Å²) in [5, 5.41) is 17.3. The molecule has 0 radical (unpaired) electrons. The summed E-state index contributed by atoms with van der Waals surface area (Å²) >= 11 is 6.94. The fourth-order valence-corrected chi connectivity index (χ4v) is 7.18. The number of hydrogen-bond donors (Lipinski definition) is 0. The Balaban J connectivity index is 0.000000285. The van der Waals surface area contributed by atoms with Crippen molar-refractivity contribution < 1.29 is 51.7 Å². The van der Waals surface area contributed by atoms with Crippen LogP contribution in [0.15, 0.2) is 90.8 Å². The third kappa shape index (κ3) is 14.2. The largest absolute Gasteiger partial charge is 2.00 e. The molecule has 0 aromatic carbocycles. The van der Waals surface area contributed by atoms with E-state index in [2.05, 4.69) is 77.5 Å². The Labute approximate surface area is 380 Å². The molecule has 0 atom stereocenters. The summed E-state index contributed by atoms with van der Waals surface area (Å²) in [4.78, 5) is 46.6. The van der Waals surface area contributed by atoms with Crippen molar-refractivity contribution in [1.82, 2.24) is 35.1 Å². The van der Waals surface area contributed by atoms with Crippen molar-refractivity contribution in [3.05, 3.63) is 123 Å². The molecular formula is C43H33F3N8O4RuS3. The molecule has 0 aliphatic heterocycles. The number of rotatable bonds is 13. The Bertz CT molecular complexity index is 2670. The number of nitrogens with zero attached hydrogens (tertiary/aromatic N) is 8. The van der Waals surface area contributed by atoms with Crippen LogP contribution < -0.4 is 14.6 Å². The SMILES string of the molecule is CCCCCCc1ccsc1C#Cc1cc(-c2cc(OC=O)cc(-c3cc(OC=O)ccn3)n2)ncn1.Cc1ccc(-c2ccnc(-c3cc(C(F)(F)F)n[n-]3)c2)s1.[N-]=C=S.[Ru+2]. The van der Waals surface area contributed by atoms with Crippen LogP contribution in [0.2, 0.25) is 0 Å². The normalized spacial score (nSPS) is 10.3. The molecule has 0 saturated carbocycles. The number of thiocarbonyl (C=S) groups is 1. The van der Waals surface area contributed by atoms with Crippen LogP contribution in [0.5, 0.6) is 11.5 Å². The van der Waals surface area contributed by atoms with E-state index < -0.39 is 11.9 Å². The van der Waals surface area contributed by atoms with E-state index in [1.54, 1.807) is 65.3 Å². The van der Waals surface area contributed by atoms with Gasteiger partial charge in [0, 0.05) is 46.4 Å². The molecule has 0 saturated heterocycles. The fraction of sp³-hybridized carbons (Fsp3) is 0.186. The molecule has 7 heterocycles. The molecule has 0 aliphatic carbocycles. The van der Waals surface area contributed by atoms with Crippen molar-refractivity contribution in [3.8, 4) is 67.9 Å². The van der Waals surface area contributed by atoms with Gasteiger partial charge in [0.1, 0.15) is 29.2 Å². The van der Waals surface area contributed by atoms with Crippen LogP contribution in [0, 0.1) is 18.8 Å². The van der Waals surface area contributed by atoms with Gasteiger partial charge < -0.3 is 25.1 Å². The maximum Gasteiger partial charge on any atom is 2.00 e. The number of carbonyl (C=O) groups excluding carboxylic acids is 2. The molecule has 0 aliphatic rings. The number of hydrogen-bond acceptors (Lipinski definition) is 13. The van der Waals surface area contributed by atoms with Gasteiger partial charge in [0.15, 0.2) is 0 Å². The second kappa shape index (κ2) is 24.3. The number of unbranched alkanes of at least 4 members (excludes halogenated alkanes) is 3. The first-order chi connectivity index (χ1) is 29.5. The van der Waals surface area contributed by atoms with Crippen molar-refractivity contribution in [2.45, 2.75) is 52.1 Å². The molecule has 316 valence electrons. The van der Waals surface area contributed by atoms with Crippen LogP contribution in [0.25, 0.3) is 50.0 Å². The minimum atomic E-state index is -4.49. The Morgan fingerprint density at radius 1 is 0.823 bits per heavy atom. The van der Waals surface area contributed by atoms with E-state index in [1.165, 1.54) is 42.5 Å². The molecule has 19 heteroatoms. The van der Waals surface area contributed by atoms with Gasteiger partial charge in [0.25, 0.3) is 12.9 Å². The van der Waals surface area contributed by atoms with Gasteiger partial charge in [-0.25, -0.2) is 15.0 Å². The van der Waals surface area contributed by atoms with Gasteiger partial charge in [0.2, 0.25) is 0 Å². The summed E-state index contributed by atoms with van der Waals surface area (Å²) in [5.41, 5.74) is 3.98. The van der Waals surface area contributed by atoms with Gasteiger partial charge >= 0.3 is 25.7 Å². The van der Waals surface area contributed by atoms with E-state index in [0.29, 0.717) is 52.9 Å². The number of carbonyl (C=O) groups is 2.